The average molecular weight is 297 g/mol. The first kappa shape index (κ1) is 20.5. The van der Waals surface area contributed by atoms with Gasteiger partial charge in [-0.05, 0) is 25.8 Å². The summed E-state index contributed by atoms with van der Waals surface area (Å²) >= 11 is 0. The van der Waals surface area contributed by atoms with E-state index in [1.807, 2.05) is 6.26 Å². The lowest BCUT2D eigenvalue weighted by Gasteiger charge is -2.03. The lowest BCUT2D eigenvalue weighted by molar-refractivity contribution is 0.238. The zero-order chi connectivity index (χ0) is 15.6. The number of hydrogen-bond acceptors (Lipinski definition) is 1. The minimum Gasteiger partial charge on any atom is -0.501 e. The molecule has 0 heterocycles. The first-order chi connectivity index (χ1) is 10.3. The van der Waals surface area contributed by atoms with E-state index < -0.39 is 0 Å². The van der Waals surface area contributed by atoms with E-state index in [4.69, 9.17) is 4.74 Å². The minimum absolute atomic E-state index is 0.892. The van der Waals surface area contributed by atoms with Crippen molar-refractivity contribution in [3.05, 3.63) is 11.8 Å². The molecule has 0 spiro atoms. The Morgan fingerprint density at radius 2 is 1.00 bits per heavy atom. The van der Waals surface area contributed by atoms with Crippen LogP contribution >= 0.6 is 0 Å². The van der Waals surface area contributed by atoms with Crippen molar-refractivity contribution < 1.29 is 4.74 Å². The highest BCUT2D eigenvalue weighted by Crippen LogP contribution is 2.12. The second-order valence-corrected chi connectivity index (χ2v) is 6.66. The molecule has 0 aliphatic heterocycles. The Morgan fingerprint density at radius 3 is 1.38 bits per heavy atom. The van der Waals surface area contributed by atoms with Gasteiger partial charge < -0.3 is 4.74 Å². The Bertz CT molecular complexity index is 216. The first-order valence-corrected chi connectivity index (χ1v) is 9.52. The standard InChI is InChI=1S/C20H40O/c1-4-5-6-7-8-9-10-11-12-13-14-15-16-17-18-21-19-20(2)3/h19H,4-18H2,1-3H3. The van der Waals surface area contributed by atoms with Crippen LogP contribution in [-0.2, 0) is 4.74 Å². The molecule has 0 aromatic heterocycles. The smallest absolute Gasteiger partial charge is 0.0873 e. The van der Waals surface area contributed by atoms with Crippen LogP contribution in [0.3, 0.4) is 0 Å². The molecule has 0 aromatic rings. The highest BCUT2D eigenvalue weighted by atomic mass is 16.5. The summed E-state index contributed by atoms with van der Waals surface area (Å²) in [4.78, 5) is 0. The van der Waals surface area contributed by atoms with Crippen LogP contribution in [0.2, 0.25) is 0 Å². The molecule has 0 atom stereocenters. The summed E-state index contributed by atoms with van der Waals surface area (Å²) in [6.45, 7) is 7.33. The van der Waals surface area contributed by atoms with Gasteiger partial charge in [0.1, 0.15) is 0 Å². The Labute approximate surface area is 134 Å². The van der Waals surface area contributed by atoms with E-state index in [1.165, 1.54) is 95.5 Å². The number of rotatable bonds is 16. The third-order valence-electron chi connectivity index (χ3n) is 3.93. The zero-order valence-electron chi connectivity index (χ0n) is 15.1. The van der Waals surface area contributed by atoms with Crippen LogP contribution in [0.25, 0.3) is 0 Å². The van der Waals surface area contributed by atoms with E-state index in [2.05, 4.69) is 20.8 Å². The summed E-state index contributed by atoms with van der Waals surface area (Å²) in [5, 5.41) is 0. The largest absolute Gasteiger partial charge is 0.501 e. The van der Waals surface area contributed by atoms with Gasteiger partial charge >= 0.3 is 0 Å². The first-order valence-electron chi connectivity index (χ1n) is 9.52. The predicted octanol–water partition coefficient (Wildman–Crippen LogP) is 7.41. The highest BCUT2D eigenvalue weighted by Gasteiger charge is 1.94. The van der Waals surface area contributed by atoms with Crippen molar-refractivity contribution in [3.8, 4) is 0 Å². The molecule has 0 fully saturated rings. The molecule has 0 aliphatic rings. The Morgan fingerprint density at radius 1 is 0.619 bits per heavy atom. The highest BCUT2D eigenvalue weighted by molar-refractivity contribution is 4.86. The fourth-order valence-electron chi connectivity index (χ4n) is 2.61. The van der Waals surface area contributed by atoms with Crippen LogP contribution in [0.5, 0.6) is 0 Å². The molecule has 0 amide bonds. The maximum atomic E-state index is 5.44. The van der Waals surface area contributed by atoms with Gasteiger partial charge in [-0.25, -0.2) is 0 Å². The molecule has 0 radical (unpaired) electrons. The van der Waals surface area contributed by atoms with Gasteiger partial charge in [0, 0.05) is 0 Å². The lowest BCUT2D eigenvalue weighted by Crippen LogP contribution is -1.89. The fourth-order valence-corrected chi connectivity index (χ4v) is 2.61. The van der Waals surface area contributed by atoms with Crippen molar-refractivity contribution in [2.75, 3.05) is 6.61 Å². The molecule has 0 N–H and O–H groups in total. The molecule has 0 unspecified atom stereocenters. The van der Waals surface area contributed by atoms with Crippen LogP contribution in [0.15, 0.2) is 11.8 Å². The van der Waals surface area contributed by atoms with Gasteiger partial charge in [0.05, 0.1) is 12.9 Å². The summed E-state index contributed by atoms with van der Waals surface area (Å²) < 4.78 is 5.44. The van der Waals surface area contributed by atoms with Gasteiger partial charge in [0.15, 0.2) is 0 Å². The maximum absolute atomic E-state index is 5.44. The molecule has 0 aromatic carbocycles. The summed E-state index contributed by atoms with van der Waals surface area (Å²) in [7, 11) is 0. The number of hydrogen-bond donors (Lipinski definition) is 0. The van der Waals surface area contributed by atoms with E-state index in [0.29, 0.717) is 0 Å². The van der Waals surface area contributed by atoms with Crippen molar-refractivity contribution in [1.29, 1.82) is 0 Å². The second-order valence-electron chi connectivity index (χ2n) is 6.66. The third kappa shape index (κ3) is 19.5. The van der Waals surface area contributed by atoms with Gasteiger partial charge in [0.2, 0.25) is 0 Å². The monoisotopic (exact) mass is 296 g/mol. The van der Waals surface area contributed by atoms with E-state index in [0.717, 1.165) is 6.61 Å². The molecule has 126 valence electrons. The Kier molecular flexibility index (Phi) is 17.2. The molecule has 0 aliphatic carbocycles. The van der Waals surface area contributed by atoms with Crippen molar-refractivity contribution in [2.45, 2.75) is 111 Å². The molecular weight excluding hydrogens is 256 g/mol. The predicted molar refractivity (Wildman–Crippen MR) is 95.7 cm³/mol. The molecular formula is C20H40O. The minimum atomic E-state index is 0.892. The molecule has 0 rings (SSSR count). The van der Waals surface area contributed by atoms with Gasteiger partial charge in [0.25, 0.3) is 0 Å². The normalized spacial score (nSPS) is 10.6. The second kappa shape index (κ2) is 17.6. The molecule has 0 bridgehead atoms. The Balaban J connectivity index is 2.98. The van der Waals surface area contributed by atoms with Crippen LogP contribution in [-0.4, -0.2) is 6.61 Å². The summed E-state index contributed by atoms with van der Waals surface area (Å²) in [5.74, 6) is 0. The summed E-state index contributed by atoms with van der Waals surface area (Å²) in [6.07, 6.45) is 21.6. The molecule has 1 nitrogen and oxygen atoms in total. The number of allylic oxidation sites excluding steroid dienone is 1. The van der Waals surface area contributed by atoms with Crippen molar-refractivity contribution >= 4 is 0 Å². The quantitative estimate of drug-likeness (QED) is 0.213. The van der Waals surface area contributed by atoms with Crippen LogP contribution in [0.1, 0.15) is 111 Å². The maximum Gasteiger partial charge on any atom is 0.0873 e. The van der Waals surface area contributed by atoms with Crippen molar-refractivity contribution in [2.24, 2.45) is 0 Å². The van der Waals surface area contributed by atoms with E-state index in [1.54, 1.807) is 0 Å². The SMILES string of the molecule is CCCCCCCCCCCCCCCCOC=C(C)C. The van der Waals surface area contributed by atoms with Crippen LogP contribution < -0.4 is 0 Å². The fraction of sp³-hybridized carbons (Fsp3) is 0.900. The molecule has 21 heavy (non-hydrogen) atoms. The van der Waals surface area contributed by atoms with Gasteiger partial charge in [-0.1, -0.05) is 90.4 Å². The van der Waals surface area contributed by atoms with Gasteiger partial charge in [-0.2, -0.15) is 0 Å². The van der Waals surface area contributed by atoms with Gasteiger partial charge in [-0.15, -0.1) is 0 Å². The van der Waals surface area contributed by atoms with E-state index in [9.17, 15) is 0 Å². The van der Waals surface area contributed by atoms with E-state index >= 15 is 0 Å². The zero-order valence-corrected chi connectivity index (χ0v) is 15.1. The van der Waals surface area contributed by atoms with Crippen LogP contribution in [0.4, 0.5) is 0 Å². The van der Waals surface area contributed by atoms with Crippen molar-refractivity contribution in [1.82, 2.24) is 0 Å². The van der Waals surface area contributed by atoms with E-state index in [-0.39, 0.29) is 0 Å². The van der Waals surface area contributed by atoms with Gasteiger partial charge in [-0.3, -0.25) is 0 Å². The third-order valence-corrected chi connectivity index (χ3v) is 3.93. The Hall–Kier alpha value is -0.460. The van der Waals surface area contributed by atoms with Crippen LogP contribution in [0, 0.1) is 0 Å². The molecule has 0 saturated carbocycles. The number of ether oxygens (including phenoxy) is 1. The lowest BCUT2D eigenvalue weighted by atomic mass is 10.0. The molecule has 0 saturated heterocycles. The summed E-state index contributed by atoms with van der Waals surface area (Å²) in [5.41, 5.74) is 1.25. The topological polar surface area (TPSA) is 9.23 Å². The average Bonchev–Trinajstić information content (AvgIpc) is 2.46. The number of unbranched alkanes of at least 4 members (excludes halogenated alkanes) is 13. The summed E-state index contributed by atoms with van der Waals surface area (Å²) in [6, 6.07) is 0. The van der Waals surface area contributed by atoms with Crippen molar-refractivity contribution in [3.63, 3.8) is 0 Å². The molecule has 1 heteroatoms.